The van der Waals surface area contributed by atoms with E-state index in [1.54, 1.807) is 24.9 Å². The first-order valence-electron chi connectivity index (χ1n) is 10.7. The first kappa shape index (κ1) is 25.0. The van der Waals surface area contributed by atoms with E-state index in [1.807, 2.05) is 31.2 Å². The van der Waals surface area contributed by atoms with Gasteiger partial charge < -0.3 is 9.47 Å². The first-order valence-corrected chi connectivity index (χ1v) is 12.5. The number of alkyl halides is 3. The number of hydrogen-bond acceptors (Lipinski definition) is 7. The maximum absolute atomic E-state index is 12.9. The van der Waals surface area contributed by atoms with Gasteiger partial charge in [0.2, 0.25) is 0 Å². The second-order valence-electron chi connectivity index (χ2n) is 7.53. The number of rotatable bonds is 8. The highest BCUT2D eigenvalue weighted by molar-refractivity contribution is 7.98. The Morgan fingerprint density at radius 2 is 1.89 bits per heavy atom. The number of halogens is 3. The average Bonchev–Trinajstić information content (AvgIpc) is 3.27. The number of nitrogens with zero attached hydrogens (tertiary/aromatic N) is 2. The first-order chi connectivity index (χ1) is 16.7. The van der Waals surface area contributed by atoms with Crippen molar-refractivity contribution >= 4 is 39.4 Å². The molecule has 0 aliphatic rings. The third kappa shape index (κ3) is 6.12. The fraction of sp³-hybridized carbons (Fsp3) is 0.240. The van der Waals surface area contributed by atoms with Crippen LogP contribution in [-0.4, -0.2) is 29.2 Å². The number of benzene rings is 2. The molecule has 0 bridgehead atoms. The Morgan fingerprint density at radius 3 is 2.57 bits per heavy atom. The van der Waals surface area contributed by atoms with Gasteiger partial charge in [0.05, 0.1) is 12.2 Å². The van der Waals surface area contributed by atoms with Crippen molar-refractivity contribution in [2.45, 2.75) is 30.7 Å². The molecule has 0 aliphatic heterocycles. The van der Waals surface area contributed by atoms with E-state index in [9.17, 15) is 18.0 Å². The lowest BCUT2D eigenvalue weighted by atomic mass is 10.1. The van der Waals surface area contributed by atoms with Crippen molar-refractivity contribution < 1.29 is 27.4 Å². The summed E-state index contributed by atoms with van der Waals surface area (Å²) in [4.78, 5) is 22.3. The summed E-state index contributed by atoms with van der Waals surface area (Å²) in [5.41, 5.74) is 2.55. The Labute approximate surface area is 208 Å². The zero-order valence-corrected chi connectivity index (χ0v) is 20.5. The quantitative estimate of drug-likeness (QED) is 0.186. The van der Waals surface area contributed by atoms with Crippen LogP contribution < -0.4 is 4.74 Å². The van der Waals surface area contributed by atoms with Crippen molar-refractivity contribution in [1.29, 1.82) is 0 Å². The largest absolute Gasteiger partial charge is 0.482 e. The number of pyridine rings is 1. The Bertz CT molecular complexity index is 1340. The number of aryl methyl sites for hydroxylation is 1. The van der Waals surface area contributed by atoms with Crippen LogP contribution in [0.3, 0.4) is 0 Å². The molecule has 2 aromatic heterocycles. The lowest BCUT2D eigenvalue weighted by molar-refractivity contribution is -0.145. The van der Waals surface area contributed by atoms with Crippen LogP contribution in [-0.2, 0) is 21.5 Å². The maximum Gasteiger partial charge on any atom is 0.416 e. The van der Waals surface area contributed by atoms with Gasteiger partial charge in [0.25, 0.3) is 0 Å². The van der Waals surface area contributed by atoms with Crippen LogP contribution in [0.25, 0.3) is 20.9 Å². The third-order valence-electron chi connectivity index (χ3n) is 5.03. The van der Waals surface area contributed by atoms with Gasteiger partial charge in [-0.15, -0.1) is 11.8 Å². The number of carbonyl (C=O) groups excluding carboxylic acids is 1. The second-order valence-corrected chi connectivity index (χ2v) is 9.55. The summed E-state index contributed by atoms with van der Waals surface area (Å²) < 4.78 is 49.0. The van der Waals surface area contributed by atoms with Crippen LogP contribution in [0.4, 0.5) is 13.2 Å². The Balaban J connectivity index is 1.47. The summed E-state index contributed by atoms with van der Waals surface area (Å²) in [7, 11) is 0. The van der Waals surface area contributed by atoms with Crippen molar-refractivity contribution in [3.8, 4) is 16.3 Å². The molecular weight excluding hydrogens is 497 g/mol. The molecule has 2 heterocycles. The molecule has 2 aromatic carbocycles. The van der Waals surface area contributed by atoms with Gasteiger partial charge in [-0.1, -0.05) is 23.5 Å². The molecule has 4 rings (SSSR count). The van der Waals surface area contributed by atoms with Crippen LogP contribution in [0.2, 0.25) is 0 Å². The zero-order valence-electron chi connectivity index (χ0n) is 18.9. The van der Waals surface area contributed by atoms with Crippen LogP contribution in [0.15, 0.2) is 59.6 Å². The molecular formula is C25H21F3N2O3S2. The predicted molar refractivity (Wildman–Crippen MR) is 131 cm³/mol. The number of aromatic nitrogens is 2. The molecule has 0 atom stereocenters. The van der Waals surface area contributed by atoms with Crippen LogP contribution in [0.5, 0.6) is 5.75 Å². The lowest BCUT2D eigenvalue weighted by Crippen LogP contribution is -2.14. The standard InChI is InChI=1S/C25H21F3N2O3S2/c1-3-32-21(31)13-33-20-9-8-19(12-15(20)2)34-14-17-10-11-29-24-22(17)30-23(35-24)16-4-6-18(7-5-16)25(26,27)28/h4-12H,3,13-14H2,1-2H3. The van der Waals surface area contributed by atoms with Crippen molar-refractivity contribution in [3.63, 3.8) is 0 Å². The van der Waals surface area contributed by atoms with Crippen molar-refractivity contribution in [3.05, 3.63) is 71.4 Å². The minimum atomic E-state index is -4.37. The van der Waals surface area contributed by atoms with Gasteiger partial charge in [0.15, 0.2) is 6.61 Å². The minimum Gasteiger partial charge on any atom is -0.482 e. The minimum absolute atomic E-state index is 0.138. The molecule has 35 heavy (non-hydrogen) atoms. The molecule has 5 nitrogen and oxygen atoms in total. The Kier molecular flexibility index (Phi) is 7.61. The van der Waals surface area contributed by atoms with E-state index in [2.05, 4.69) is 9.97 Å². The van der Waals surface area contributed by atoms with Gasteiger partial charge in [-0.3, -0.25) is 0 Å². The van der Waals surface area contributed by atoms with Crippen LogP contribution in [0.1, 0.15) is 23.6 Å². The summed E-state index contributed by atoms with van der Waals surface area (Å²) in [5.74, 6) is 0.845. The van der Waals surface area contributed by atoms with E-state index in [1.165, 1.54) is 23.5 Å². The summed E-state index contributed by atoms with van der Waals surface area (Å²) in [5, 5.41) is 0.623. The second kappa shape index (κ2) is 10.7. The molecule has 0 N–H and O–H groups in total. The zero-order chi connectivity index (χ0) is 25.0. The van der Waals surface area contributed by atoms with Gasteiger partial charge in [-0.05, 0) is 61.4 Å². The number of fused-ring (bicyclic) bond motifs is 1. The van der Waals surface area contributed by atoms with Crippen LogP contribution in [0, 0.1) is 6.92 Å². The number of thioether (sulfide) groups is 1. The number of hydrogen-bond donors (Lipinski definition) is 0. The summed E-state index contributed by atoms with van der Waals surface area (Å²) in [6.45, 7) is 3.82. The van der Waals surface area contributed by atoms with E-state index in [0.29, 0.717) is 28.7 Å². The highest BCUT2D eigenvalue weighted by Gasteiger charge is 2.30. The van der Waals surface area contributed by atoms with E-state index >= 15 is 0 Å². The van der Waals surface area contributed by atoms with Gasteiger partial charge in [0.1, 0.15) is 21.1 Å². The third-order valence-corrected chi connectivity index (χ3v) is 7.09. The topological polar surface area (TPSA) is 61.3 Å². The summed E-state index contributed by atoms with van der Waals surface area (Å²) in [6.07, 6.45) is -2.66. The van der Waals surface area contributed by atoms with E-state index in [-0.39, 0.29) is 6.61 Å². The molecule has 0 spiro atoms. The number of carbonyl (C=O) groups is 1. The number of ether oxygens (including phenoxy) is 2. The molecule has 0 radical (unpaired) electrons. The van der Waals surface area contributed by atoms with Gasteiger partial charge in [-0.25, -0.2) is 14.8 Å². The molecule has 0 aliphatic carbocycles. The van der Waals surface area contributed by atoms with Crippen molar-refractivity contribution in [2.24, 2.45) is 0 Å². The lowest BCUT2D eigenvalue weighted by Gasteiger charge is -2.10. The van der Waals surface area contributed by atoms with E-state index in [0.717, 1.165) is 38.5 Å². The highest BCUT2D eigenvalue weighted by Crippen LogP contribution is 2.35. The van der Waals surface area contributed by atoms with Crippen molar-refractivity contribution in [2.75, 3.05) is 13.2 Å². The highest BCUT2D eigenvalue weighted by atomic mass is 32.2. The van der Waals surface area contributed by atoms with Gasteiger partial charge in [-0.2, -0.15) is 13.2 Å². The molecule has 182 valence electrons. The maximum atomic E-state index is 12.9. The molecule has 4 aromatic rings. The molecule has 0 saturated carbocycles. The number of thiazole rings is 1. The van der Waals surface area contributed by atoms with Crippen LogP contribution >= 0.6 is 23.1 Å². The molecule has 0 amide bonds. The van der Waals surface area contributed by atoms with Crippen molar-refractivity contribution in [1.82, 2.24) is 9.97 Å². The predicted octanol–water partition coefficient (Wildman–Crippen LogP) is 6.92. The van der Waals surface area contributed by atoms with Gasteiger partial charge >= 0.3 is 12.1 Å². The monoisotopic (exact) mass is 518 g/mol. The number of esters is 1. The normalized spacial score (nSPS) is 11.6. The fourth-order valence-corrected chi connectivity index (χ4v) is 5.24. The molecule has 0 fully saturated rings. The molecule has 0 unspecified atom stereocenters. The summed E-state index contributed by atoms with van der Waals surface area (Å²) >= 11 is 2.97. The average molecular weight is 519 g/mol. The molecule has 0 saturated heterocycles. The fourth-order valence-electron chi connectivity index (χ4n) is 3.30. The van der Waals surface area contributed by atoms with Gasteiger partial charge in [0, 0.05) is 22.4 Å². The Hall–Kier alpha value is -3.11. The smallest absolute Gasteiger partial charge is 0.416 e. The van der Waals surface area contributed by atoms with E-state index in [4.69, 9.17) is 9.47 Å². The SMILES string of the molecule is CCOC(=O)COc1ccc(SCc2ccnc3sc(-c4ccc(C(F)(F)F)cc4)nc23)cc1C. The van der Waals surface area contributed by atoms with E-state index < -0.39 is 17.7 Å². The summed E-state index contributed by atoms with van der Waals surface area (Å²) in [6, 6.07) is 12.6. The molecule has 10 heteroatoms. The Morgan fingerprint density at radius 1 is 1.11 bits per heavy atom.